The Kier molecular flexibility index (Phi) is 6.71. The molecule has 1 fully saturated rings. The van der Waals surface area contributed by atoms with Crippen molar-refractivity contribution in [3.8, 4) is 11.5 Å². The van der Waals surface area contributed by atoms with Gasteiger partial charge in [0.15, 0.2) is 0 Å². The Hall–Kier alpha value is -3.03. The molecule has 2 aromatic carbocycles. The number of aromatic amines is 1. The van der Waals surface area contributed by atoms with Crippen molar-refractivity contribution >= 4 is 34.5 Å². The fourth-order valence-electron chi connectivity index (χ4n) is 4.89. The van der Waals surface area contributed by atoms with Crippen LogP contribution in [0.25, 0.3) is 17.0 Å². The molecule has 0 spiro atoms. The van der Waals surface area contributed by atoms with Crippen molar-refractivity contribution in [3.05, 3.63) is 58.3 Å². The van der Waals surface area contributed by atoms with Crippen LogP contribution in [0, 0.1) is 11.8 Å². The lowest BCUT2D eigenvalue weighted by Crippen LogP contribution is -2.28. The maximum Gasteiger partial charge on any atom is 0.310 e. The highest BCUT2D eigenvalue weighted by Gasteiger charge is 2.29. The molecule has 0 radical (unpaired) electrons. The number of rotatable bonds is 7. The van der Waals surface area contributed by atoms with Gasteiger partial charge in [0, 0.05) is 30.1 Å². The number of hydrogen-bond acceptors (Lipinski definition) is 6. The first-order chi connectivity index (χ1) is 16.9. The van der Waals surface area contributed by atoms with E-state index < -0.39 is 0 Å². The Morgan fingerprint density at radius 2 is 2.14 bits per heavy atom. The lowest BCUT2D eigenvalue weighted by atomic mass is 9.97. The third-order valence-electron chi connectivity index (χ3n) is 6.72. The Balaban J connectivity index is 1.29. The van der Waals surface area contributed by atoms with E-state index in [0.29, 0.717) is 11.8 Å². The molecular weight excluding hydrogens is 466 g/mol. The summed E-state index contributed by atoms with van der Waals surface area (Å²) in [7, 11) is 1.45. The number of methoxy groups -OCH3 is 1. The number of ether oxygens (including phenoxy) is 3. The Morgan fingerprint density at radius 1 is 1.29 bits per heavy atom. The summed E-state index contributed by atoms with van der Waals surface area (Å²) in [4.78, 5) is 14.1. The molecule has 2 aliphatic rings. The number of aromatic nitrogens is 2. The molecule has 0 bridgehead atoms. The lowest BCUT2D eigenvalue weighted by Gasteiger charge is -2.25. The Labute approximate surface area is 210 Å². The van der Waals surface area contributed by atoms with Crippen LogP contribution in [0.2, 0.25) is 5.15 Å². The predicted octanol–water partition coefficient (Wildman–Crippen LogP) is 5.26. The SMILES string of the molecule is COC(=O)C1CCN(CC2=Cc3ccc(OC(c4ccc5n[nH]c(Cl)c5c4)C(C)C)cc3OC2)C1. The van der Waals surface area contributed by atoms with Crippen molar-refractivity contribution in [2.45, 2.75) is 26.4 Å². The van der Waals surface area contributed by atoms with E-state index in [9.17, 15) is 4.79 Å². The van der Waals surface area contributed by atoms with Crippen LogP contribution in [0.5, 0.6) is 11.5 Å². The summed E-state index contributed by atoms with van der Waals surface area (Å²) >= 11 is 6.26. The first-order valence-electron chi connectivity index (χ1n) is 12.0. The van der Waals surface area contributed by atoms with Gasteiger partial charge in [-0.25, -0.2) is 0 Å². The first-order valence-corrected chi connectivity index (χ1v) is 12.4. The molecule has 2 atom stereocenters. The van der Waals surface area contributed by atoms with Crippen LogP contribution in [0.3, 0.4) is 0 Å². The second-order valence-corrected chi connectivity index (χ2v) is 10.0. The molecule has 184 valence electrons. The van der Waals surface area contributed by atoms with Gasteiger partial charge in [-0.2, -0.15) is 5.10 Å². The summed E-state index contributed by atoms with van der Waals surface area (Å²) in [5.41, 5.74) is 4.12. The van der Waals surface area contributed by atoms with Crippen LogP contribution in [-0.2, 0) is 9.53 Å². The van der Waals surface area contributed by atoms with E-state index in [1.165, 1.54) is 12.7 Å². The minimum Gasteiger partial charge on any atom is -0.488 e. The minimum absolute atomic E-state index is 0.0312. The fourth-order valence-corrected chi connectivity index (χ4v) is 5.08. The molecule has 0 aliphatic carbocycles. The van der Waals surface area contributed by atoms with Gasteiger partial charge in [0.1, 0.15) is 29.4 Å². The predicted molar refractivity (Wildman–Crippen MR) is 136 cm³/mol. The summed E-state index contributed by atoms with van der Waals surface area (Å²) in [5, 5.41) is 8.45. The van der Waals surface area contributed by atoms with Gasteiger partial charge in [-0.1, -0.05) is 31.5 Å². The standard InChI is InChI=1S/C27H30ClN3O4/c1-16(2)25(19-5-7-23-22(11-19)26(28)30-29-23)35-21-6-4-18-10-17(15-34-24(18)12-21)13-31-9-8-20(14-31)27(32)33-3/h4-7,10-12,16,20,25H,8-9,13-15H2,1-3H3,(H,29,30). The molecule has 2 aliphatic heterocycles. The fraction of sp³-hybridized carbons (Fsp3) is 0.407. The molecule has 8 heteroatoms. The van der Waals surface area contributed by atoms with Gasteiger partial charge in [0.2, 0.25) is 0 Å². The average molecular weight is 496 g/mol. The maximum atomic E-state index is 11.8. The van der Waals surface area contributed by atoms with E-state index in [1.54, 1.807) is 0 Å². The Morgan fingerprint density at radius 3 is 2.94 bits per heavy atom. The minimum atomic E-state index is -0.143. The van der Waals surface area contributed by atoms with Crippen LogP contribution < -0.4 is 9.47 Å². The van der Waals surface area contributed by atoms with E-state index >= 15 is 0 Å². The largest absolute Gasteiger partial charge is 0.488 e. The van der Waals surface area contributed by atoms with Gasteiger partial charge in [0.25, 0.3) is 0 Å². The lowest BCUT2D eigenvalue weighted by molar-refractivity contribution is -0.144. The normalized spacial score (nSPS) is 18.8. The van der Waals surface area contributed by atoms with Crippen molar-refractivity contribution in [2.75, 3.05) is 33.4 Å². The van der Waals surface area contributed by atoms with Gasteiger partial charge in [0.05, 0.1) is 18.5 Å². The number of nitrogens with zero attached hydrogens (tertiary/aromatic N) is 2. The average Bonchev–Trinajstić information content (AvgIpc) is 3.48. The molecule has 1 saturated heterocycles. The number of likely N-dealkylation sites (tertiary alicyclic amines) is 1. The van der Waals surface area contributed by atoms with Gasteiger partial charge in [-0.05, 0) is 60.4 Å². The van der Waals surface area contributed by atoms with Crippen molar-refractivity contribution in [1.82, 2.24) is 15.1 Å². The zero-order chi connectivity index (χ0) is 24.5. The van der Waals surface area contributed by atoms with Gasteiger partial charge in [-0.15, -0.1) is 0 Å². The third kappa shape index (κ3) is 5.02. The molecule has 7 nitrogen and oxygen atoms in total. The Bertz CT molecular complexity index is 1270. The van der Waals surface area contributed by atoms with E-state index in [0.717, 1.165) is 59.6 Å². The van der Waals surface area contributed by atoms with Crippen molar-refractivity contribution < 1.29 is 19.0 Å². The second kappa shape index (κ2) is 9.91. The number of hydrogen-bond donors (Lipinski definition) is 1. The van der Waals surface area contributed by atoms with Crippen molar-refractivity contribution in [1.29, 1.82) is 0 Å². The monoisotopic (exact) mass is 495 g/mol. The number of nitrogens with one attached hydrogen (secondary N) is 1. The molecule has 1 N–H and O–H groups in total. The number of halogens is 1. The summed E-state index contributed by atoms with van der Waals surface area (Å²) in [5.74, 6) is 1.67. The van der Waals surface area contributed by atoms with Crippen molar-refractivity contribution in [2.24, 2.45) is 11.8 Å². The molecule has 3 heterocycles. The van der Waals surface area contributed by atoms with Crippen LogP contribution in [0.4, 0.5) is 0 Å². The van der Waals surface area contributed by atoms with Crippen LogP contribution >= 0.6 is 11.6 Å². The summed E-state index contributed by atoms with van der Waals surface area (Å²) in [6.07, 6.45) is 2.88. The third-order valence-corrected chi connectivity index (χ3v) is 7.01. The van der Waals surface area contributed by atoms with E-state index in [2.05, 4.69) is 35.0 Å². The van der Waals surface area contributed by atoms with Gasteiger partial charge < -0.3 is 14.2 Å². The molecule has 35 heavy (non-hydrogen) atoms. The number of carbonyl (C=O) groups excluding carboxylic acids is 1. The number of fused-ring (bicyclic) bond motifs is 2. The maximum absolute atomic E-state index is 11.8. The summed E-state index contributed by atoms with van der Waals surface area (Å²) in [6, 6.07) is 12.0. The van der Waals surface area contributed by atoms with Crippen molar-refractivity contribution in [3.63, 3.8) is 0 Å². The number of carbonyl (C=O) groups is 1. The number of esters is 1. The highest BCUT2D eigenvalue weighted by Crippen LogP contribution is 2.36. The van der Waals surface area contributed by atoms with Crippen LogP contribution in [-0.4, -0.2) is 54.4 Å². The first kappa shape index (κ1) is 23.7. The highest BCUT2D eigenvalue weighted by molar-refractivity contribution is 6.34. The molecule has 2 unspecified atom stereocenters. The molecule has 1 aromatic heterocycles. The molecule has 0 amide bonds. The topological polar surface area (TPSA) is 76.7 Å². The van der Waals surface area contributed by atoms with Crippen LogP contribution in [0.1, 0.15) is 37.5 Å². The van der Waals surface area contributed by atoms with Crippen LogP contribution in [0.15, 0.2) is 42.0 Å². The zero-order valence-electron chi connectivity index (χ0n) is 20.2. The highest BCUT2D eigenvalue weighted by atomic mass is 35.5. The van der Waals surface area contributed by atoms with E-state index in [-0.39, 0.29) is 23.9 Å². The van der Waals surface area contributed by atoms with Gasteiger partial charge in [-0.3, -0.25) is 14.8 Å². The molecular formula is C27H30ClN3O4. The summed E-state index contributed by atoms with van der Waals surface area (Å²) < 4.78 is 17.4. The zero-order valence-corrected chi connectivity index (χ0v) is 21.0. The second-order valence-electron chi connectivity index (χ2n) is 9.63. The number of benzene rings is 2. The van der Waals surface area contributed by atoms with E-state index in [4.69, 9.17) is 25.8 Å². The number of H-pyrrole nitrogens is 1. The molecule has 5 rings (SSSR count). The summed E-state index contributed by atoms with van der Waals surface area (Å²) in [6.45, 7) is 7.22. The van der Waals surface area contributed by atoms with E-state index in [1.807, 2.05) is 36.4 Å². The quantitative estimate of drug-likeness (QED) is 0.450. The van der Waals surface area contributed by atoms with Gasteiger partial charge >= 0.3 is 5.97 Å². The molecule has 3 aromatic rings. The molecule has 0 saturated carbocycles. The smallest absolute Gasteiger partial charge is 0.310 e.